The molecular formula is C17H11F3N6O3S. The Morgan fingerprint density at radius 1 is 1.20 bits per heavy atom. The fourth-order valence-electron chi connectivity index (χ4n) is 2.82. The summed E-state index contributed by atoms with van der Waals surface area (Å²) in [5.74, 6) is 4.08. The topological polar surface area (TPSA) is 126 Å². The molecule has 3 heterocycles. The van der Waals surface area contributed by atoms with Crippen molar-refractivity contribution in [3.05, 3.63) is 57.2 Å². The number of carbonyl (C=O) groups is 1. The highest BCUT2D eigenvalue weighted by atomic mass is 32.1. The molecule has 0 saturated carbocycles. The maximum Gasteiger partial charge on any atom is 0.416 e. The minimum atomic E-state index is -4.49. The van der Waals surface area contributed by atoms with E-state index in [0.717, 1.165) is 28.2 Å². The molecule has 4 rings (SSSR count). The van der Waals surface area contributed by atoms with Crippen molar-refractivity contribution in [2.24, 2.45) is 5.90 Å². The van der Waals surface area contributed by atoms with Crippen LogP contribution in [0.2, 0.25) is 0 Å². The summed E-state index contributed by atoms with van der Waals surface area (Å²) in [5, 5.41) is 4.50. The lowest BCUT2D eigenvalue weighted by Crippen LogP contribution is -2.27. The van der Waals surface area contributed by atoms with Crippen LogP contribution in [0.15, 0.2) is 35.4 Å². The van der Waals surface area contributed by atoms with Crippen LogP contribution in [0.5, 0.6) is 0 Å². The molecule has 30 heavy (non-hydrogen) atoms. The smallest absolute Gasteiger partial charge is 0.373 e. The lowest BCUT2D eigenvalue weighted by molar-refractivity contribution is -0.143. The lowest BCUT2D eigenvalue weighted by atomic mass is 10.2. The van der Waals surface area contributed by atoms with Crippen LogP contribution in [0.3, 0.4) is 0 Å². The van der Waals surface area contributed by atoms with Crippen molar-refractivity contribution >= 4 is 38.6 Å². The Morgan fingerprint density at radius 3 is 2.63 bits per heavy atom. The van der Waals surface area contributed by atoms with E-state index in [-0.39, 0.29) is 35.2 Å². The van der Waals surface area contributed by atoms with E-state index in [4.69, 9.17) is 5.90 Å². The third-order valence-electron chi connectivity index (χ3n) is 4.14. The van der Waals surface area contributed by atoms with Crippen LogP contribution in [-0.4, -0.2) is 30.7 Å². The van der Waals surface area contributed by atoms with E-state index in [9.17, 15) is 22.8 Å². The first-order valence-corrected chi connectivity index (χ1v) is 9.15. The second-order valence-corrected chi connectivity index (χ2v) is 7.23. The van der Waals surface area contributed by atoms with Gasteiger partial charge in [-0.3, -0.25) is 9.78 Å². The van der Waals surface area contributed by atoms with Crippen molar-refractivity contribution in [3.63, 3.8) is 0 Å². The maximum absolute atomic E-state index is 12.9. The molecule has 154 valence electrons. The Labute approximate surface area is 168 Å². The van der Waals surface area contributed by atoms with Gasteiger partial charge in [0.05, 0.1) is 28.7 Å². The van der Waals surface area contributed by atoms with Crippen molar-refractivity contribution in [2.75, 3.05) is 0 Å². The summed E-state index contributed by atoms with van der Waals surface area (Å²) >= 11 is 1.12. The minimum Gasteiger partial charge on any atom is -0.373 e. The molecule has 9 nitrogen and oxygen atoms in total. The standard InChI is InChI=1S/C17H11F3N6O3S/c18-17(19,20)8-1-2-11-9(5-8)24-12(30-11)7-26-16(28)15-14(22-3-4-23-15)10(25-26)6-13(27)29-21/h1-5H,6-7,21H2. The first-order chi connectivity index (χ1) is 14.3. The molecule has 0 bridgehead atoms. The molecule has 13 heteroatoms. The van der Waals surface area contributed by atoms with Crippen molar-refractivity contribution in [1.29, 1.82) is 0 Å². The van der Waals surface area contributed by atoms with Crippen LogP contribution in [0.4, 0.5) is 13.2 Å². The summed E-state index contributed by atoms with van der Waals surface area (Å²) in [6.07, 6.45) is -2.17. The third kappa shape index (κ3) is 3.71. The van der Waals surface area contributed by atoms with Gasteiger partial charge in [0.2, 0.25) is 0 Å². The SMILES string of the molecule is NOC(=O)Cc1nn(Cc2nc3cc(C(F)(F)F)ccc3s2)c(=O)c2nccnc12. The Kier molecular flexibility index (Phi) is 4.91. The number of alkyl halides is 3. The molecule has 0 radical (unpaired) electrons. The molecule has 0 aliphatic heterocycles. The average Bonchev–Trinajstić information content (AvgIpc) is 3.12. The van der Waals surface area contributed by atoms with Crippen molar-refractivity contribution in [3.8, 4) is 0 Å². The Morgan fingerprint density at radius 2 is 1.93 bits per heavy atom. The molecule has 0 aliphatic carbocycles. The largest absolute Gasteiger partial charge is 0.416 e. The summed E-state index contributed by atoms with van der Waals surface area (Å²) in [5.41, 5.74) is -1.01. The zero-order chi connectivity index (χ0) is 21.5. The van der Waals surface area contributed by atoms with Crippen molar-refractivity contribution in [2.45, 2.75) is 19.1 Å². The molecular weight excluding hydrogens is 425 g/mol. The quantitative estimate of drug-likeness (QED) is 0.480. The van der Waals surface area contributed by atoms with E-state index in [0.29, 0.717) is 9.71 Å². The number of fused-ring (bicyclic) bond motifs is 2. The van der Waals surface area contributed by atoms with Gasteiger partial charge >= 0.3 is 12.1 Å². The first-order valence-electron chi connectivity index (χ1n) is 8.33. The second kappa shape index (κ2) is 7.42. The monoisotopic (exact) mass is 436 g/mol. The average molecular weight is 436 g/mol. The van der Waals surface area contributed by atoms with Gasteiger partial charge in [-0.2, -0.15) is 24.2 Å². The molecule has 0 aliphatic rings. The van der Waals surface area contributed by atoms with Gasteiger partial charge in [-0.1, -0.05) is 0 Å². The third-order valence-corrected chi connectivity index (χ3v) is 5.16. The Hall–Kier alpha value is -3.45. The predicted octanol–water partition coefficient (Wildman–Crippen LogP) is 1.82. The van der Waals surface area contributed by atoms with Crippen LogP contribution in [0.25, 0.3) is 21.3 Å². The number of nitrogens with zero attached hydrogens (tertiary/aromatic N) is 5. The molecule has 0 atom stereocenters. The van der Waals surface area contributed by atoms with Crippen LogP contribution in [-0.2, 0) is 28.8 Å². The number of aromatic nitrogens is 5. The van der Waals surface area contributed by atoms with Crippen molar-refractivity contribution < 1.29 is 22.8 Å². The number of thiazole rings is 1. The van der Waals surface area contributed by atoms with Gasteiger partial charge in [0.15, 0.2) is 5.52 Å². The zero-order valence-corrected chi connectivity index (χ0v) is 15.7. The lowest BCUT2D eigenvalue weighted by Gasteiger charge is -2.08. The molecule has 0 amide bonds. The highest BCUT2D eigenvalue weighted by Crippen LogP contribution is 2.33. The second-order valence-electron chi connectivity index (χ2n) is 6.12. The first kappa shape index (κ1) is 19.8. The Bertz CT molecular complexity index is 1330. The highest BCUT2D eigenvalue weighted by molar-refractivity contribution is 7.18. The number of hydrogen-bond donors (Lipinski definition) is 1. The summed E-state index contributed by atoms with van der Waals surface area (Å²) in [4.78, 5) is 40.7. The zero-order valence-electron chi connectivity index (χ0n) is 14.9. The number of carbonyl (C=O) groups excluding carboxylic acids is 1. The van der Waals surface area contributed by atoms with Gasteiger partial charge < -0.3 is 4.84 Å². The normalized spacial score (nSPS) is 11.9. The van der Waals surface area contributed by atoms with Crippen LogP contribution >= 0.6 is 11.3 Å². The Balaban J connectivity index is 1.77. The van der Waals surface area contributed by atoms with Gasteiger partial charge in [0.25, 0.3) is 5.56 Å². The summed E-state index contributed by atoms with van der Waals surface area (Å²) in [6.45, 7) is -0.128. The van der Waals surface area contributed by atoms with E-state index >= 15 is 0 Å². The van der Waals surface area contributed by atoms with Gasteiger partial charge in [0.1, 0.15) is 16.2 Å². The number of rotatable bonds is 4. The summed E-state index contributed by atoms with van der Waals surface area (Å²) in [7, 11) is 0. The predicted molar refractivity (Wildman–Crippen MR) is 99.3 cm³/mol. The molecule has 2 N–H and O–H groups in total. The van der Waals surface area contributed by atoms with E-state index in [1.54, 1.807) is 0 Å². The summed E-state index contributed by atoms with van der Waals surface area (Å²) in [6, 6.07) is 3.24. The van der Waals surface area contributed by atoms with Gasteiger partial charge in [-0.15, -0.1) is 11.3 Å². The number of benzene rings is 1. The molecule has 0 spiro atoms. The number of hydrogen-bond acceptors (Lipinski definition) is 9. The number of nitrogens with two attached hydrogens (primary N) is 1. The van der Waals surface area contributed by atoms with E-state index < -0.39 is 23.3 Å². The van der Waals surface area contributed by atoms with Gasteiger partial charge in [-0.25, -0.2) is 19.4 Å². The molecule has 1 aromatic carbocycles. The molecule has 0 unspecified atom stereocenters. The number of halogens is 3. The van der Waals surface area contributed by atoms with E-state index in [1.807, 2.05) is 0 Å². The molecule has 4 aromatic rings. The van der Waals surface area contributed by atoms with Gasteiger partial charge in [0, 0.05) is 12.4 Å². The summed E-state index contributed by atoms with van der Waals surface area (Å²) < 4.78 is 40.3. The fraction of sp³-hybridized carbons (Fsp3) is 0.176. The highest BCUT2D eigenvalue weighted by Gasteiger charge is 2.30. The van der Waals surface area contributed by atoms with Crippen LogP contribution in [0, 0.1) is 0 Å². The molecule has 0 saturated heterocycles. The minimum absolute atomic E-state index is 0.0206. The van der Waals surface area contributed by atoms with E-state index in [1.165, 1.54) is 18.5 Å². The van der Waals surface area contributed by atoms with Crippen LogP contribution in [0.1, 0.15) is 16.3 Å². The molecule has 0 fully saturated rings. The molecule has 3 aromatic heterocycles. The fourth-order valence-corrected chi connectivity index (χ4v) is 3.75. The maximum atomic E-state index is 12.9. The van der Waals surface area contributed by atoms with Crippen LogP contribution < -0.4 is 11.5 Å². The van der Waals surface area contributed by atoms with Crippen molar-refractivity contribution in [1.82, 2.24) is 24.7 Å². The van der Waals surface area contributed by atoms with Gasteiger partial charge in [-0.05, 0) is 18.2 Å². The van der Waals surface area contributed by atoms with E-state index in [2.05, 4.69) is 24.9 Å².